The molecule has 8 heavy (non-hydrogen) atoms. The molecule has 1 atom stereocenters. The molecule has 0 rings (SSSR count). The molecule has 48 valence electrons. The second kappa shape index (κ2) is 5.02. The van der Waals surface area contributed by atoms with Gasteiger partial charge in [0.25, 0.3) is 0 Å². The predicted molar refractivity (Wildman–Crippen MR) is 23.1 cm³/mol. The molecule has 0 radical (unpaired) electrons. The lowest BCUT2D eigenvalue weighted by atomic mass is 14.9. The van der Waals surface area contributed by atoms with Crippen LogP contribution >= 0.6 is 0 Å². The zero-order valence-electron chi connectivity index (χ0n) is 3.68. The highest BCUT2D eigenvalue weighted by Gasteiger charge is 2.08. The van der Waals surface area contributed by atoms with Gasteiger partial charge in [-0.3, -0.25) is 5.26 Å². The first-order valence-electron chi connectivity index (χ1n) is 1.55. The van der Waals surface area contributed by atoms with E-state index in [1.54, 1.807) is 0 Å². The Balaban J connectivity index is 2.97. The monoisotopic (exact) mass is 156 g/mol. The van der Waals surface area contributed by atoms with Crippen LogP contribution in [0.4, 0.5) is 0 Å². The lowest BCUT2D eigenvalue weighted by molar-refractivity contribution is -0.230. The van der Waals surface area contributed by atoms with Crippen LogP contribution in [0, 0.1) is 0 Å². The molecule has 0 aliphatic heterocycles. The summed E-state index contributed by atoms with van der Waals surface area (Å²) in [4.78, 5) is 8.18. The summed E-state index contributed by atoms with van der Waals surface area (Å²) in [6.07, 6.45) is 0. The Hall–Kier alpha value is -0.126. The van der Waals surface area contributed by atoms with Gasteiger partial charge in [-0.25, -0.2) is 4.58 Å². The lowest BCUT2D eigenvalue weighted by Gasteiger charge is -1.99. The van der Waals surface area contributed by atoms with Crippen LogP contribution in [-0.2, 0) is 18.2 Å². The maximum atomic E-state index is 9.46. The second-order valence-electron chi connectivity index (χ2n) is 0.701. The SMILES string of the molecule is O=[SiH]OO[SiH](O)OO. The van der Waals surface area contributed by atoms with E-state index in [1.807, 2.05) is 0 Å². The molecule has 0 saturated heterocycles. The summed E-state index contributed by atoms with van der Waals surface area (Å²) < 4.78 is 20.3. The third-order valence-corrected chi connectivity index (χ3v) is 1.14. The molecule has 0 fully saturated rings. The van der Waals surface area contributed by atoms with Gasteiger partial charge in [0.2, 0.25) is 0 Å². The first kappa shape index (κ1) is 7.87. The largest absolute Gasteiger partial charge is 0.549 e. The molecule has 0 saturated carbocycles. The van der Waals surface area contributed by atoms with Crippen LogP contribution in [0.25, 0.3) is 0 Å². The Kier molecular flexibility index (Phi) is 4.94. The Morgan fingerprint density at radius 2 is 2.25 bits per heavy atom. The molecular formula is H4O6Si2. The topological polar surface area (TPSA) is 85.2 Å². The van der Waals surface area contributed by atoms with Crippen molar-refractivity contribution < 1.29 is 28.2 Å². The summed E-state index contributed by atoms with van der Waals surface area (Å²) >= 11 is 0. The summed E-state index contributed by atoms with van der Waals surface area (Å²) in [7, 11) is -4.58. The highest BCUT2D eigenvalue weighted by Crippen LogP contribution is 1.78. The van der Waals surface area contributed by atoms with Crippen molar-refractivity contribution in [2.75, 3.05) is 0 Å². The van der Waals surface area contributed by atoms with E-state index in [2.05, 4.69) is 13.7 Å². The summed E-state index contributed by atoms with van der Waals surface area (Å²) in [5, 5.41) is 7.58. The van der Waals surface area contributed by atoms with Crippen molar-refractivity contribution in [3.63, 3.8) is 0 Å². The number of rotatable bonds is 4. The molecule has 0 heterocycles. The minimum atomic E-state index is -3.04. The molecular weight excluding hydrogens is 152 g/mol. The Morgan fingerprint density at radius 3 is 2.62 bits per heavy atom. The van der Waals surface area contributed by atoms with Gasteiger partial charge in [0.05, 0.1) is 0 Å². The maximum Gasteiger partial charge on any atom is 0.549 e. The van der Waals surface area contributed by atoms with Gasteiger partial charge in [0.15, 0.2) is 0 Å². The van der Waals surface area contributed by atoms with Gasteiger partial charge in [-0.05, 0) is 0 Å². The van der Waals surface area contributed by atoms with E-state index < -0.39 is 19.2 Å². The fourth-order valence-corrected chi connectivity index (χ4v) is 0.685. The fourth-order valence-electron chi connectivity index (χ4n) is 0.0878. The van der Waals surface area contributed by atoms with Gasteiger partial charge in [0, 0.05) is 0 Å². The lowest BCUT2D eigenvalue weighted by Crippen LogP contribution is -2.20. The van der Waals surface area contributed by atoms with E-state index in [0.717, 1.165) is 0 Å². The van der Waals surface area contributed by atoms with Crippen LogP contribution in [0.15, 0.2) is 0 Å². The van der Waals surface area contributed by atoms with Crippen molar-refractivity contribution in [3.8, 4) is 0 Å². The smallest absolute Gasteiger partial charge is 0.389 e. The molecule has 1 unspecified atom stereocenters. The zero-order chi connectivity index (χ0) is 6.41. The van der Waals surface area contributed by atoms with Gasteiger partial charge in [-0.15, -0.1) is 0 Å². The zero-order valence-corrected chi connectivity index (χ0v) is 5.99. The van der Waals surface area contributed by atoms with Crippen molar-refractivity contribution in [1.29, 1.82) is 0 Å². The number of hydrogen-bond donors (Lipinski definition) is 2. The van der Waals surface area contributed by atoms with Crippen LogP contribution in [0.2, 0.25) is 0 Å². The van der Waals surface area contributed by atoms with Crippen LogP contribution < -0.4 is 0 Å². The van der Waals surface area contributed by atoms with E-state index in [4.69, 9.17) is 10.1 Å². The maximum absolute atomic E-state index is 9.46. The Bertz CT molecular complexity index is 61.5. The second-order valence-corrected chi connectivity index (χ2v) is 2.10. The molecule has 0 aliphatic carbocycles. The van der Waals surface area contributed by atoms with E-state index in [9.17, 15) is 4.46 Å². The molecule has 0 amide bonds. The molecule has 0 aromatic heterocycles. The summed E-state index contributed by atoms with van der Waals surface area (Å²) in [5.41, 5.74) is 0. The van der Waals surface area contributed by atoms with Gasteiger partial charge < -0.3 is 13.8 Å². The highest BCUT2D eigenvalue weighted by molar-refractivity contribution is 6.34. The van der Waals surface area contributed by atoms with Crippen LogP contribution in [0.3, 0.4) is 0 Å². The quantitative estimate of drug-likeness (QED) is 0.274. The third-order valence-electron chi connectivity index (χ3n) is 0.267. The normalized spacial score (nSPS) is 12.8. The molecule has 2 N–H and O–H groups in total. The summed E-state index contributed by atoms with van der Waals surface area (Å²) in [6, 6.07) is 0. The first-order valence-corrected chi connectivity index (χ1v) is 3.95. The minimum Gasteiger partial charge on any atom is -0.389 e. The van der Waals surface area contributed by atoms with Crippen molar-refractivity contribution >= 4 is 19.2 Å². The molecule has 8 heteroatoms. The molecule has 0 aromatic carbocycles. The predicted octanol–water partition coefficient (Wildman–Crippen LogP) is -2.17. The van der Waals surface area contributed by atoms with Crippen molar-refractivity contribution in [2.45, 2.75) is 0 Å². The number of hydrogen-bond acceptors (Lipinski definition) is 6. The van der Waals surface area contributed by atoms with E-state index >= 15 is 0 Å². The van der Waals surface area contributed by atoms with Gasteiger partial charge in [-0.2, -0.15) is 4.58 Å². The van der Waals surface area contributed by atoms with Gasteiger partial charge in [-0.1, -0.05) is 0 Å². The Morgan fingerprint density at radius 1 is 1.62 bits per heavy atom. The first-order chi connectivity index (χ1) is 3.81. The average molecular weight is 156 g/mol. The molecule has 0 bridgehead atoms. The van der Waals surface area contributed by atoms with E-state index in [1.165, 1.54) is 0 Å². The van der Waals surface area contributed by atoms with Crippen LogP contribution in [-0.4, -0.2) is 29.2 Å². The molecule has 6 nitrogen and oxygen atoms in total. The Labute approximate surface area is 48.4 Å². The van der Waals surface area contributed by atoms with Crippen LogP contribution in [0.1, 0.15) is 0 Å². The fraction of sp³-hybridized carbons (Fsp3) is 0. The standard InChI is InChI=1S/H4O6Si2/c1-4-8(3)6-5-7-2/h1,3,7-8H. The van der Waals surface area contributed by atoms with Crippen LogP contribution in [0.5, 0.6) is 0 Å². The van der Waals surface area contributed by atoms with Gasteiger partial charge >= 0.3 is 19.2 Å². The van der Waals surface area contributed by atoms with E-state index in [0.29, 0.717) is 0 Å². The van der Waals surface area contributed by atoms with Gasteiger partial charge in [0.1, 0.15) is 0 Å². The summed E-state index contributed by atoms with van der Waals surface area (Å²) in [6.45, 7) is 0. The molecule has 0 spiro atoms. The summed E-state index contributed by atoms with van der Waals surface area (Å²) in [5.74, 6) is 0. The molecule has 0 aliphatic rings. The highest BCUT2D eigenvalue weighted by atomic mass is 28.3. The van der Waals surface area contributed by atoms with Crippen molar-refractivity contribution in [2.24, 2.45) is 0 Å². The molecule has 0 aromatic rings. The third kappa shape index (κ3) is 4.04. The average Bonchev–Trinajstić information content (AvgIpc) is 1.83. The minimum absolute atomic E-state index is 1.53. The van der Waals surface area contributed by atoms with E-state index in [-0.39, 0.29) is 0 Å². The van der Waals surface area contributed by atoms with Crippen molar-refractivity contribution in [3.05, 3.63) is 0 Å². The van der Waals surface area contributed by atoms with Crippen molar-refractivity contribution in [1.82, 2.24) is 0 Å².